The average Bonchev–Trinajstić information content (AvgIpc) is 2.77. The molecule has 0 fully saturated rings. The predicted molar refractivity (Wildman–Crippen MR) is 116 cm³/mol. The van der Waals surface area contributed by atoms with Crippen molar-refractivity contribution < 1.29 is 23.5 Å². The number of nitrogens with one attached hydrogen (secondary N) is 1. The summed E-state index contributed by atoms with van der Waals surface area (Å²) in [5.41, 5.74) is -0.239. The van der Waals surface area contributed by atoms with Crippen LogP contribution in [0, 0.1) is 11.8 Å². The molecule has 2 N–H and O–H groups in total. The van der Waals surface area contributed by atoms with Crippen molar-refractivity contribution in [3.63, 3.8) is 0 Å². The fourth-order valence-electron chi connectivity index (χ4n) is 3.02. The lowest BCUT2D eigenvalue weighted by Gasteiger charge is -2.31. The van der Waals surface area contributed by atoms with Crippen LogP contribution in [0.4, 0.5) is 8.78 Å². The molecule has 0 spiro atoms. The third kappa shape index (κ3) is 7.09. The largest absolute Gasteiger partial charge is 0.382 e. The number of carbonyl (C=O) groups excluding carboxylic acids is 2. The molecule has 0 bridgehead atoms. The highest BCUT2D eigenvalue weighted by Crippen LogP contribution is 2.21. The number of benzene rings is 2. The summed E-state index contributed by atoms with van der Waals surface area (Å²) in [5, 5.41) is 12.7. The molecule has 4 nitrogen and oxygen atoms in total. The molecule has 0 radical (unpaired) electrons. The molecule has 0 aromatic heterocycles. The molecule has 164 valence electrons. The van der Waals surface area contributed by atoms with E-state index in [1.807, 2.05) is 30.3 Å². The van der Waals surface area contributed by atoms with Gasteiger partial charge in [0.2, 0.25) is 0 Å². The van der Waals surface area contributed by atoms with Gasteiger partial charge in [0.05, 0.1) is 0 Å². The monoisotopic (exact) mass is 427 g/mol. The summed E-state index contributed by atoms with van der Waals surface area (Å²) in [7, 11) is 0. The summed E-state index contributed by atoms with van der Waals surface area (Å²) in [5.74, 6) is 5.50. The smallest absolute Gasteiger partial charge is 0.268 e. The van der Waals surface area contributed by atoms with E-state index in [1.165, 1.54) is 0 Å². The summed E-state index contributed by atoms with van der Waals surface area (Å²) in [6.45, 7) is 2.65. The highest BCUT2D eigenvalue weighted by molar-refractivity contribution is 5.96. The van der Waals surface area contributed by atoms with E-state index in [0.29, 0.717) is 12.0 Å². The van der Waals surface area contributed by atoms with E-state index >= 15 is 0 Å². The number of carbonyl (C=O) groups is 2. The van der Waals surface area contributed by atoms with E-state index in [-0.39, 0.29) is 25.2 Å². The Balaban J connectivity index is 1.88. The number of Topliss-reactive ketones (excluding diaryl/α,β-unsaturated/α-hetero) is 2. The molecule has 2 aromatic rings. The predicted octanol–water partition coefficient (Wildman–Crippen LogP) is 4.00. The normalized spacial score (nSPS) is 13.7. The van der Waals surface area contributed by atoms with E-state index in [9.17, 15) is 23.5 Å². The Morgan fingerprint density at radius 2 is 1.61 bits per heavy atom. The Morgan fingerprint density at radius 3 is 2.16 bits per heavy atom. The van der Waals surface area contributed by atoms with E-state index in [0.717, 1.165) is 18.1 Å². The van der Waals surface area contributed by atoms with Crippen LogP contribution in [-0.2, 0) is 4.79 Å². The zero-order valence-corrected chi connectivity index (χ0v) is 17.7. The van der Waals surface area contributed by atoms with Crippen LogP contribution in [-0.4, -0.2) is 41.3 Å². The maximum atomic E-state index is 13.1. The van der Waals surface area contributed by atoms with Crippen LogP contribution >= 0.6 is 0 Å². The maximum Gasteiger partial charge on any atom is 0.268 e. The number of rotatable bonds is 10. The van der Waals surface area contributed by atoms with Crippen molar-refractivity contribution in [2.45, 2.75) is 51.2 Å². The summed E-state index contributed by atoms with van der Waals surface area (Å²) in [6, 6.07) is 15.2. The fourth-order valence-corrected chi connectivity index (χ4v) is 3.02. The van der Waals surface area contributed by atoms with E-state index in [1.54, 1.807) is 31.2 Å². The topological polar surface area (TPSA) is 66.4 Å². The maximum absolute atomic E-state index is 13.1. The standard InChI is InChI=1S/C25H27F2NO3/c1-3-21(29)23(25(2,31)24(26)27)28-17-7-10-22(30)20-15-13-19(14-16-20)12-11-18-8-5-4-6-9-18/h4-6,8-9,13-16,23-24,28,31H,3,7,10,17H2,1-2H3/t23-,25+/m1/s1. The quantitative estimate of drug-likeness (QED) is 0.342. The first kappa shape index (κ1) is 24.4. The molecule has 0 saturated heterocycles. The molecule has 0 aliphatic rings. The lowest BCUT2D eigenvalue weighted by molar-refractivity contribution is -0.141. The van der Waals surface area contributed by atoms with Crippen molar-refractivity contribution in [2.75, 3.05) is 6.54 Å². The molecule has 2 atom stereocenters. The number of alkyl halides is 2. The van der Waals surface area contributed by atoms with Crippen LogP contribution < -0.4 is 5.32 Å². The molecule has 2 rings (SSSR count). The highest BCUT2D eigenvalue weighted by atomic mass is 19.3. The first-order valence-electron chi connectivity index (χ1n) is 10.2. The second-order valence-electron chi connectivity index (χ2n) is 7.45. The van der Waals surface area contributed by atoms with Crippen LogP contribution in [0.3, 0.4) is 0 Å². The van der Waals surface area contributed by atoms with Gasteiger partial charge < -0.3 is 10.4 Å². The SMILES string of the molecule is CCC(=O)[C@@H](NCCCC(=O)c1ccc(C#Cc2ccccc2)cc1)[C@](C)(O)C(F)F. The lowest BCUT2D eigenvalue weighted by atomic mass is 9.91. The highest BCUT2D eigenvalue weighted by Gasteiger charge is 2.43. The van der Waals surface area contributed by atoms with E-state index < -0.39 is 23.9 Å². The first-order valence-corrected chi connectivity index (χ1v) is 10.2. The molecule has 0 aliphatic heterocycles. The molecule has 31 heavy (non-hydrogen) atoms. The number of halogens is 2. The van der Waals surface area contributed by atoms with Gasteiger partial charge in [-0.2, -0.15) is 0 Å². The van der Waals surface area contributed by atoms with Crippen molar-refractivity contribution in [3.05, 3.63) is 71.3 Å². The molecule has 0 heterocycles. The van der Waals surface area contributed by atoms with Crippen molar-refractivity contribution >= 4 is 11.6 Å². The molecule has 0 saturated carbocycles. The first-order chi connectivity index (χ1) is 14.8. The van der Waals surface area contributed by atoms with Gasteiger partial charge in [0.1, 0.15) is 11.6 Å². The van der Waals surface area contributed by atoms with Gasteiger partial charge >= 0.3 is 0 Å². The molecule has 0 aliphatic carbocycles. The Morgan fingerprint density at radius 1 is 1.03 bits per heavy atom. The minimum absolute atomic E-state index is 0.0268. The summed E-state index contributed by atoms with van der Waals surface area (Å²) >= 11 is 0. The number of ketones is 2. The average molecular weight is 427 g/mol. The zero-order valence-electron chi connectivity index (χ0n) is 17.7. The molecule has 6 heteroatoms. The van der Waals surface area contributed by atoms with Crippen LogP contribution in [0.25, 0.3) is 0 Å². The minimum atomic E-state index is -3.06. The summed E-state index contributed by atoms with van der Waals surface area (Å²) in [6.07, 6.45) is -2.50. The van der Waals surface area contributed by atoms with Crippen LogP contribution in [0.2, 0.25) is 0 Å². The third-order valence-electron chi connectivity index (χ3n) is 4.96. The minimum Gasteiger partial charge on any atom is -0.382 e. The Hall–Kier alpha value is -2.88. The van der Waals surface area contributed by atoms with E-state index in [2.05, 4.69) is 17.2 Å². The van der Waals surface area contributed by atoms with Crippen molar-refractivity contribution in [1.29, 1.82) is 0 Å². The van der Waals surface area contributed by atoms with Crippen LogP contribution in [0.1, 0.15) is 54.6 Å². The zero-order chi connectivity index (χ0) is 22.9. The third-order valence-corrected chi connectivity index (χ3v) is 4.96. The van der Waals surface area contributed by atoms with E-state index in [4.69, 9.17) is 0 Å². The Bertz CT molecular complexity index is 929. The molecule has 0 unspecified atom stereocenters. The van der Waals surface area contributed by atoms with Crippen molar-refractivity contribution in [1.82, 2.24) is 5.32 Å². The second-order valence-corrected chi connectivity index (χ2v) is 7.45. The van der Waals surface area contributed by atoms with Crippen molar-refractivity contribution in [2.24, 2.45) is 0 Å². The van der Waals surface area contributed by atoms with Crippen molar-refractivity contribution in [3.8, 4) is 11.8 Å². The summed E-state index contributed by atoms with van der Waals surface area (Å²) < 4.78 is 26.2. The number of hydrogen-bond donors (Lipinski definition) is 2. The Labute approximate surface area is 181 Å². The van der Waals surface area contributed by atoms with Gasteiger partial charge in [-0.3, -0.25) is 9.59 Å². The number of aliphatic hydroxyl groups is 1. The lowest BCUT2D eigenvalue weighted by Crippen LogP contribution is -2.57. The molecule has 2 aromatic carbocycles. The Kier molecular flexibility index (Phi) is 9.04. The molecular formula is C25H27F2NO3. The van der Waals surface area contributed by atoms with Gasteiger partial charge in [-0.15, -0.1) is 0 Å². The summed E-state index contributed by atoms with van der Waals surface area (Å²) in [4.78, 5) is 24.3. The van der Waals surface area contributed by atoms with Crippen LogP contribution in [0.5, 0.6) is 0 Å². The molecule has 0 amide bonds. The van der Waals surface area contributed by atoms with Gasteiger partial charge in [0, 0.05) is 29.5 Å². The van der Waals surface area contributed by atoms with Gasteiger partial charge in [-0.1, -0.05) is 49.1 Å². The number of hydrogen-bond acceptors (Lipinski definition) is 4. The van der Waals surface area contributed by atoms with Gasteiger partial charge in [0.15, 0.2) is 11.6 Å². The van der Waals surface area contributed by atoms with Gasteiger partial charge in [-0.05, 0) is 44.2 Å². The fraction of sp³-hybridized carbons (Fsp3) is 0.360. The van der Waals surface area contributed by atoms with Gasteiger partial charge in [0.25, 0.3) is 6.43 Å². The second kappa shape index (κ2) is 11.5. The van der Waals surface area contributed by atoms with Gasteiger partial charge in [-0.25, -0.2) is 8.78 Å². The molecular weight excluding hydrogens is 400 g/mol. The van der Waals surface area contributed by atoms with Crippen LogP contribution in [0.15, 0.2) is 54.6 Å².